The van der Waals surface area contributed by atoms with Gasteiger partial charge in [-0.1, -0.05) is 6.07 Å². The summed E-state index contributed by atoms with van der Waals surface area (Å²) in [6.45, 7) is 1.93. The highest BCUT2D eigenvalue weighted by molar-refractivity contribution is 5.95. The molecule has 31 heavy (non-hydrogen) atoms. The van der Waals surface area contributed by atoms with Crippen molar-refractivity contribution in [3.8, 4) is 11.5 Å². The number of hydrogen-bond donors (Lipinski definition) is 1. The highest BCUT2D eigenvalue weighted by Crippen LogP contribution is 2.29. The van der Waals surface area contributed by atoms with E-state index in [1.165, 1.54) is 50.6 Å². The number of nitrogens with zero attached hydrogens (tertiary/aromatic N) is 1. The zero-order chi connectivity index (χ0) is 22.5. The van der Waals surface area contributed by atoms with E-state index in [1.54, 1.807) is 19.1 Å². The van der Waals surface area contributed by atoms with E-state index >= 15 is 0 Å². The van der Waals surface area contributed by atoms with Crippen LogP contribution in [-0.2, 0) is 16.1 Å². The van der Waals surface area contributed by atoms with Gasteiger partial charge in [-0.3, -0.25) is 9.36 Å². The largest absolute Gasteiger partial charge is 0.493 e. The van der Waals surface area contributed by atoms with Crippen LogP contribution in [0.15, 0.2) is 52.1 Å². The first-order valence-corrected chi connectivity index (χ1v) is 9.31. The second-order valence-electron chi connectivity index (χ2n) is 6.40. The Bertz CT molecular complexity index is 1300. The number of hydrogen-bond acceptors (Lipinski definition) is 7. The molecule has 9 heteroatoms. The molecular weight excluding hydrogens is 404 g/mol. The van der Waals surface area contributed by atoms with Crippen molar-refractivity contribution in [3.05, 3.63) is 74.4 Å². The first-order chi connectivity index (χ1) is 14.9. The fourth-order valence-electron chi connectivity index (χ4n) is 2.93. The zero-order valence-corrected chi connectivity index (χ0v) is 17.1. The lowest BCUT2D eigenvalue weighted by Gasteiger charge is -2.10. The van der Waals surface area contributed by atoms with Crippen molar-refractivity contribution in [2.24, 2.45) is 0 Å². The molecule has 1 heterocycles. The van der Waals surface area contributed by atoms with Crippen LogP contribution in [0.2, 0.25) is 0 Å². The summed E-state index contributed by atoms with van der Waals surface area (Å²) in [5, 5.41) is 0.289. The van der Waals surface area contributed by atoms with E-state index in [9.17, 15) is 19.2 Å². The predicted molar refractivity (Wildman–Crippen MR) is 114 cm³/mol. The number of aromatic amines is 1. The molecular formula is C22H20N2O7. The molecule has 0 spiro atoms. The molecule has 0 aliphatic rings. The minimum Gasteiger partial charge on any atom is -0.493 e. The predicted octanol–water partition coefficient (Wildman–Crippen LogP) is 2.12. The fourth-order valence-corrected chi connectivity index (χ4v) is 2.93. The molecule has 3 rings (SSSR count). The van der Waals surface area contributed by atoms with Crippen molar-refractivity contribution in [2.75, 3.05) is 14.2 Å². The first-order valence-electron chi connectivity index (χ1n) is 9.31. The quantitative estimate of drug-likeness (QED) is 0.366. The molecule has 0 saturated carbocycles. The number of aromatic nitrogens is 2. The van der Waals surface area contributed by atoms with Gasteiger partial charge in [0.25, 0.3) is 5.56 Å². The number of nitrogens with one attached hydrogen (secondary N) is 1. The number of ether oxygens (including phenoxy) is 3. The van der Waals surface area contributed by atoms with E-state index in [0.29, 0.717) is 5.56 Å². The third-order valence-corrected chi connectivity index (χ3v) is 4.54. The molecule has 0 bridgehead atoms. The van der Waals surface area contributed by atoms with Gasteiger partial charge in [0.2, 0.25) is 0 Å². The number of benzene rings is 2. The van der Waals surface area contributed by atoms with Gasteiger partial charge in [0.15, 0.2) is 11.5 Å². The Hall–Kier alpha value is -4.14. The maximum absolute atomic E-state index is 12.6. The molecule has 2 aromatic carbocycles. The summed E-state index contributed by atoms with van der Waals surface area (Å²) in [5.74, 6) is -0.758. The van der Waals surface area contributed by atoms with Crippen molar-refractivity contribution >= 4 is 28.9 Å². The van der Waals surface area contributed by atoms with Gasteiger partial charge >= 0.3 is 17.6 Å². The summed E-state index contributed by atoms with van der Waals surface area (Å²) in [6, 6.07) is 9.05. The van der Waals surface area contributed by atoms with Crippen molar-refractivity contribution < 1.29 is 23.8 Å². The Morgan fingerprint density at radius 3 is 2.52 bits per heavy atom. The highest BCUT2D eigenvalue weighted by atomic mass is 16.6. The van der Waals surface area contributed by atoms with E-state index in [0.717, 1.165) is 4.57 Å². The van der Waals surface area contributed by atoms with Gasteiger partial charge in [-0.25, -0.2) is 14.4 Å². The van der Waals surface area contributed by atoms with E-state index in [2.05, 4.69) is 9.72 Å². The molecule has 0 fully saturated rings. The number of H-pyrrole nitrogens is 1. The zero-order valence-electron chi connectivity index (χ0n) is 17.1. The number of carbonyl (C=O) groups excluding carboxylic acids is 2. The number of fused-ring (bicyclic) bond motifs is 1. The molecule has 3 aromatic rings. The summed E-state index contributed by atoms with van der Waals surface area (Å²) in [5.41, 5.74) is 0.0386. The van der Waals surface area contributed by atoms with Gasteiger partial charge in [0.1, 0.15) is 0 Å². The third-order valence-electron chi connectivity index (χ3n) is 4.54. The summed E-state index contributed by atoms with van der Waals surface area (Å²) >= 11 is 0. The van der Waals surface area contributed by atoms with Crippen LogP contribution in [0.3, 0.4) is 0 Å². The maximum Gasteiger partial charge on any atom is 0.343 e. The summed E-state index contributed by atoms with van der Waals surface area (Å²) in [7, 11) is 2.69. The molecule has 1 aromatic heterocycles. The molecule has 0 aliphatic carbocycles. The maximum atomic E-state index is 12.6. The molecule has 1 N–H and O–H groups in total. The van der Waals surface area contributed by atoms with Crippen LogP contribution in [0.5, 0.6) is 11.5 Å². The first kappa shape index (κ1) is 21.6. The Kier molecular flexibility index (Phi) is 6.35. The second-order valence-corrected chi connectivity index (χ2v) is 6.40. The van der Waals surface area contributed by atoms with Gasteiger partial charge in [-0.15, -0.1) is 0 Å². The molecule has 0 atom stereocenters. The Morgan fingerprint density at radius 2 is 1.84 bits per heavy atom. The fraction of sp³-hybridized carbons (Fsp3) is 0.182. The lowest BCUT2D eigenvalue weighted by molar-refractivity contribution is -0.134. The Balaban J connectivity index is 1.89. The summed E-state index contributed by atoms with van der Waals surface area (Å²) < 4.78 is 16.3. The molecule has 9 nitrogen and oxygen atoms in total. The Morgan fingerprint density at radius 1 is 1.06 bits per heavy atom. The average molecular weight is 424 g/mol. The Labute approximate surface area is 176 Å². The van der Waals surface area contributed by atoms with Crippen LogP contribution in [0.1, 0.15) is 22.8 Å². The number of methoxy groups -OCH3 is 2. The van der Waals surface area contributed by atoms with Crippen molar-refractivity contribution in [1.29, 1.82) is 0 Å². The van der Waals surface area contributed by atoms with E-state index in [1.807, 2.05) is 0 Å². The summed E-state index contributed by atoms with van der Waals surface area (Å²) in [4.78, 5) is 50.8. The van der Waals surface area contributed by atoms with Crippen LogP contribution in [-0.4, -0.2) is 35.7 Å². The van der Waals surface area contributed by atoms with Gasteiger partial charge in [0, 0.05) is 12.6 Å². The van der Waals surface area contributed by atoms with Gasteiger partial charge < -0.3 is 19.2 Å². The highest BCUT2D eigenvalue weighted by Gasteiger charge is 2.15. The molecule has 0 saturated heterocycles. The third kappa shape index (κ3) is 4.55. The minimum absolute atomic E-state index is 0.147. The molecule has 0 radical (unpaired) electrons. The van der Waals surface area contributed by atoms with Crippen molar-refractivity contribution in [2.45, 2.75) is 13.5 Å². The van der Waals surface area contributed by atoms with Crippen LogP contribution >= 0.6 is 0 Å². The van der Waals surface area contributed by atoms with E-state index < -0.39 is 23.2 Å². The molecule has 0 unspecified atom stereocenters. The number of esters is 2. The minimum atomic E-state index is -0.696. The average Bonchev–Trinajstić information content (AvgIpc) is 2.77. The van der Waals surface area contributed by atoms with Crippen LogP contribution in [0, 0.1) is 0 Å². The standard InChI is InChI=1S/C22H20N2O7/c1-4-24-20(26)15-8-7-14(12-16(15)23-22(24)28)21(27)31-17-9-5-13(11-18(17)29-2)6-10-19(25)30-3/h5-12H,4H2,1-3H3,(H,23,28)/b10-6+. The van der Waals surface area contributed by atoms with Gasteiger partial charge in [0.05, 0.1) is 30.7 Å². The lowest BCUT2D eigenvalue weighted by Crippen LogP contribution is -2.34. The van der Waals surface area contributed by atoms with Crippen LogP contribution < -0.4 is 20.7 Å². The van der Waals surface area contributed by atoms with E-state index in [4.69, 9.17) is 9.47 Å². The molecule has 160 valence electrons. The van der Waals surface area contributed by atoms with Gasteiger partial charge in [-0.2, -0.15) is 0 Å². The number of carbonyl (C=O) groups is 2. The molecule has 0 aliphatic heterocycles. The van der Waals surface area contributed by atoms with Crippen molar-refractivity contribution in [3.63, 3.8) is 0 Å². The monoisotopic (exact) mass is 424 g/mol. The lowest BCUT2D eigenvalue weighted by atomic mass is 10.1. The van der Waals surface area contributed by atoms with Crippen LogP contribution in [0.25, 0.3) is 17.0 Å². The smallest absolute Gasteiger partial charge is 0.343 e. The molecule has 0 amide bonds. The normalized spacial score (nSPS) is 10.9. The van der Waals surface area contributed by atoms with Gasteiger partial charge in [-0.05, 0) is 48.9 Å². The van der Waals surface area contributed by atoms with Crippen LogP contribution in [0.4, 0.5) is 0 Å². The second kappa shape index (κ2) is 9.12. The SMILES string of the molecule is CCn1c(=O)[nH]c2cc(C(=O)Oc3ccc(/C=C/C(=O)OC)cc3OC)ccc2c1=O. The van der Waals surface area contributed by atoms with E-state index in [-0.39, 0.29) is 34.5 Å². The topological polar surface area (TPSA) is 117 Å². The summed E-state index contributed by atoms with van der Waals surface area (Å²) in [6.07, 6.45) is 2.78. The van der Waals surface area contributed by atoms with Crippen molar-refractivity contribution in [1.82, 2.24) is 9.55 Å². The number of rotatable bonds is 6.